The molecule has 0 saturated carbocycles. The van der Waals surface area contributed by atoms with Gasteiger partial charge in [-0.1, -0.05) is 150 Å². The third kappa shape index (κ3) is 7.02. The maximum absolute atomic E-state index is 15.2. The highest BCUT2D eigenvalue weighted by atomic mass is 19.4. The van der Waals surface area contributed by atoms with Crippen molar-refractivity contribution in [1.29, 1.82) is 5.26 Å². The zero-order valence-corrected chi connectivity index (χ0v) is 37.7. The summed E-state index contributed by atoms with van der Waals surface area (Å²) in [5.41, 5.74) is 6.80. The molecule has 0 N–H and O–H groups in total. The van der Waals surface area contributed by atoms with Crippen molar-refractivity contribution in [2.75, 3.05) is 0 Å². The van der Waals surface area contributed by atoms with Crippen molar-refractivity contribution in [3.8, 4) is 28.6 Å². The molecule has 7 heteroatoms. The third-order valence-electron chi connectivity index (χ3n) is 12.4. The minimum Gasteiger partial charge on any atom is -0.308 e. The molecule has 314 valence electrons. The molecule has 62 heavy (non-hydrogen) atoms. The fraction of sp³-hybridized carbons (Fsp3) is 0.309. The second-order valence-electron chi connectivity index (χ2n) is 20.9. The lowest BCUT2D eigenvalue weighted by atomic mass is 9.86. The largest absolute Gasteiger partial charge is 0.415 e. The highest BCUT2D eigenvalue weighted by molar-refractivity contribution is 6.12. The van der Waals surface area contributed by atoms with Crippen molar-refractivity contribution in [3.05, 3.63) is 148 Å². The first-order valence-corrected chi connectivity index (χ1v) is 21.2. The number of nitrogens with zero attached hydrogens (tertiary/aromatic N) is 4. The van der Waals surface area contributed by atoms with Crippen LogP contribution in [0, 0.1) is 17.9 Å². The second kappa shape index (κ2) is 14.1. The Morgan fingerprint density at radius 3 is 1.11 bits per heavy atom. The minimum atomic E-state index is -4.77. The average molecular weight is 827 g/mol. The second-order valence-corrected chi connectivity index (χ2v) is 20.9. The summed E-state index contributed by atoms with van der Waals surface area (Å²) >= 11 is 0. The minimum absolute atomic E-state index is 0.124. The number of hydrogen-bond donors (Lipinski definition) is 0. The quantitative estimate of drug-likeness (QED) is 0.164. The van der Waals surface area contributed by atoms with Crippen molar-refractivity contribution >= 4 is 49.3 Å². The van der Waals surface area contributed by atoms with Gasteiger partial charge in [-0.2, -0.15) is 18.4 Å². The Morgan fingerprint density at radius 1 is 0.500 bits per heavy atom. The van der Waals surface area contributed by atoms with E-state index in [1.807, 2.05) is 0 Å². The number of hydrogen-bond acceptors (Lipinski definition) is 1. The van der Waals surface area contributed by atoms with Gasteiger partial charge in [0, 0.05) is 21.5 Å². The summed E-state index contributed by atoms with van der Waals surface area (Å²) in [6.45, 7) is 34.0. The molecular weight excluding hydrogens is 774 g/mol. The van der Waals surface area contributed by atoms with Gasteiger partial charge in [-0.3, -0.25) is 0 Å². The normalized spacial score (nSPS) is 13.0. The average Bonchev–Trinajstić information content (AvgIpc) is 3.69. The SMILES string of the molecule is [C-]#[N+]c1cccc(C(F)(F)F)c1-c1cc(-n2c3cc(C(C)(C)C)ccc3c3ccc(C(C)(C)C)cc32)c(C#N)c(-n2c3cc(C(C)(C)C)ccc3c3ccc(C(C)(C)C)cc32)c1. The third-order valence-corrected chi connectivity index (χ3v) is 12.4. The van der Waals surface area contributed by atoms with Crippen molar-refractivity contribution in [2.24, 2.45) is 0 Å². The molecule has 2 aromatic heterocycles. The van der Waals surface area contributed by atoms with E-state index in [2.05, 4.69) is 176 Å². The van der Waals surface area contributed by atoms with Crippen LogP contribution in [0.5, 0.6) is 0 Å². The Morgan fingerprint density at radius 2 is 0.839 bits per heavy atom. The molecule has 8 rings (SSSR count). The lowest BCUT2D eigenvalue weighted by Crippen LogP contribution is -2.13. The van der Waals surface area contributed by atoms with Gasteiger partial charge in [-0.25, -0.2) is 4.85 Å². The fourth-order valence-electron chi connectivity index (χ4n) is 8.82. The lowest BCUT2D eigenvalue weighted by Gasteiger charge is -2.23. The Hall–Kier alpha value is -6.31. The van der Waals surface area contributed by atoms with Gasteiger partial charge in [0.15, 0.2) is 5.69 Å². The fourth-order valence-corrected chi connectivity index (χ4v) is 8.82. The number of alkyl halides is 3. The van der Waals surface area contributed by atoms with E-state index in [0.717, 1.165) is 71.9 Å². The van der Waals surface area contributed by atoms with Gasteiger partial charge in [0.25, 0.3) is 0 Å². The van der Waals surface area contributed by atoms with Crippen LogP contribution in [-0.2, 0) is 27.8 Å². The van der Waals surface area contributed by atoms with Crippen molar-refractivity contribution < 1.29 is 13.2 Å². The van der Waals surface area contributed by atoms with Crippen LogP contribution in [0.2, 0.25) is 0 Å². The summed E-state index contributed by atoms with van der Waals surface area (Å²) in [4.78, 5) is 3.67. The molecule has 0 bridgehead atoms. The first-order chi connectivity index (χ1) is 28.8. The first-order valence-electron chi connectivity index (χ1n) is 21.2. The van der Waals surface area contributed by atoms with Crippen molar-refractivity contribution in [2.45, 2.75) is 111 Å². The van der Waals surface area contributed by atoms with Gasteiger partial charge in [0.2, 0.25) is 0 Å². The molecular formula is C55H53F3N4. The van der Waals surface area contributed by atoms with Crippen LogP contribution < -0.4 is 0 Å². The van der Waals surface area contributed by atoms with Crippen LogP contribution in [0.25, 0.3) is 71.0 Å². The smallest absolute Gasteiger partial charge is 0.308 e. The molecule has 6 aromatic carbocycles. The molecule has 4 nitrogen and oxygen atoms in total. The molecule has 8 aromatic rings. The number of aromatic nitrogens is 2. The summed E-state index contributed by atoms with van der Waals surface area (Å²) in [5.74, 6) is 0. The number of halogens is 3. The van der Waals surface area contributed by atoms with E-state index in [9.17, 15) is 5.26 Å². The number of nitriles is 1. The van der Waals surface area contributed by atoms with Crippen LogP contribution in [0.3, 0.4) is 0 Å². The highest BCUT2D eigenvalue weighted by Gasteiger charge is 2.36. The zero-order valence-electron chi connectivity index (χ0n) is 37.7. The van der Waals surface area contributed by atoms with Gasteiger partial charge in [0.1, 0.15) is 11.6 Å². The summed E-state index contributed by atoms with van der Waals surface area (Å²) < 4.78 is 49.9. The van der Waals surface area contributed by atoms with E-state index in [1.54, 1.807) is 12.1 Å². The Labute approximate surface area is 363 Å². The summed E-state index contributed by atoms with van der Waals surface area (Å²) in [6.07, 6.45) is -4.77. The molecule has 0 atom stereocenters. The van der Waals surface area contributed by atoms with Crippen LogP contribution >= 0.6 is 0 Å². The van der Waals surface area contributed by atoms with Gasteiger partial charge < -0.3 is 9.13 Å². The summed E-state index contributed by atoms with van der Waals surface area (Å²) in [6, 6.07) is 35.4. The van der Waals surface area contributed by atoms with Crippen LogP contribution in [0.4, 0.5) is 18.9 Å². The Balaban J connectivity index is 1.66. The molecule has 0 saturated heterocycles. The first kappa shape index (κ1) is 42.4. The van der Waals surface area contributed by atoms with Gasteiger partial charge in [-0.05, 0) is 91.4 Å². The predicted octanol–water partition coefficient (Wildman–Crippen LogP) is 16.2. The molecule has 0 amide bonds. The van der Waals surface area contributed by atoms with Crippen LogP contribution in [-0.4, -0.2) is 9.13 Å². The molecule has 0 aliphatic heterocycles. The summed E-state index contributed by atoms with van der Waals surface area (Å²) in [7, 11) is 0. The highest BCUT2D eigenvalue weighted by Crippen LogP contribution is 2.47. The zero-order chi connectivity index (χ0) is 45.1. The Kier molecular flexibility index (Phi) is 9.65. The van der Waals surface area contributed by atoms with Gasteiger partial charge >= 0.3 is 6.18 Å². The molecule has 0 aliphatic rings. The molecule has 0 aliphatic carbocycles. The van der Waals surface area contributed by atoms with Crippen molar-refractivity contribution in [1.82, 2.24) is 9.13 Å². The summed E-state index contributed by atoms with van der Waals surface area (Å²) in [5, 5.41) is 15.5. The van der Waals surface area contributed by atoms with Gasteiger partial charge in [0.05, 0.1) is 45.6 Å². The van der Waals surface area contributed by atoms with E-state index in [1.165, 1.54) is 12.1 Å². The molecule has 0 radical (unpaired) electrons. The maximum atomic E-state index is 15.2. The number of benzene rings is 6. The van der Waals surface area contributed by atoms with Crippen LogP contribution in [0.15, 0.2) is 103 Å². The maximum Gasteiger partial charge on any atom is 0.415 e. The predicted molar refractivity (Wildman–Crippen MR) is 251 cm³/mol. The van der Waals surface area contributed by atoms with Crippen molar-refractivity contribution in [3.63, 3.8) is 0 Å². The Bertz CT molecular complexity index is 2910. The molecule has 0 unspecified atom stereocenters. The van der Waals surface area contributed by atoms with E-state index in [-0.39, 0.29) is 38.5 Å². The molecule has 0 spiro atoms. The van der Waals surface area contributed by atoms with E-state index in [0.29, 0.717) is 16.9 Å². The lowest BCUT2D eigenvalue weighted by molar-refractivity contribution is -0.137. The monoisotopic (exact) mass is 826 g/mol. The van der Waals surface area contributed by atoms with E-state index < -0.39 is 11.7 Å². The standard InChI is InChI=1S/C55H53F3N4/c1-51(2,3)33-17-21-37-38-22-18-34(52(4,5)6)28-47(38)61(46(37)27-33)44-25-32(50-42(55(56,57)58)15-14-16-43(50)60-13)26-45(41(44)31-59)62-48-29-35(53(7,8)9)19-23-39(48)40-24-20-36(30-49(40)62)54(10,11)12/h14-30H,1-12H3. The van der Waals surface area contributed by atoms with E-state index in [4.69, 9.17) is 6.57 Å². The topological polar surface area (TPSA) is 38.0 Å². The van der Waals surface area contributed by atoms with Gasteiger partial charge in [-0.15, -0.1) is 0 Å². The number of fused-ring (bicyclic) bond motifs is 6. The molecule has 0 fully saturated rings. The number of rotatable bonds is 3. The van der Waals surface area contributed by atoms with E-state index >= 15 is 13.2 Å². The van der Waals surface area contributed by atoms with Crippen LogP contribution in [0.1, 0.15) is 116 Å². The molecule has 2 heterocycles.